The van der Waals surface area contributed by atoms with Gasteiger partial charge in [-0.25, -0.2) is 0 Å². The molecule has 36 heavy (non-hydrogen) atoms. The highest BCUT2D eigenvalue weighted by Gasteiger charge is 2.49. The summed E-state index contributed by atoms with van der Waals surface area (Å²) in [6.45, 7) is 14.9. The Balaban J connectivity index is 1.88. The van der Waals surface area contributed by atoms with Gasteiger partial charge >= 0.3 is 5.97 Å². The van der Waals surface area contributed by atoms with Crippen LogP contribution in [0.4, 0.5) is 0 Å². The van der Waals surface area contributed by atoms with E-state index in [1.165, 1.54) is 22.3 Å². The fourth-order valence-corrected chi connectivity index (χ4v) is 5.73. The molecule has 0 amide bonds. The van der Waals surface area contributed by atoms with Crippen LogP contribution in [-0.2, 0) is 9.53 Å². The van der Waals surface area contributed by atoms with Crippen molar-refractivity contribution >= 4 is 5.97 Å². The molecule has 2 N–H and O–H groups in total. The molecule has 0 spiro atoms. The van der Waals surface area contributed by atoms with Gasteiger partial charge in [-0.2, -0.15) is 0 Å². The molecule has 4 heteroatoms. The number of aliphatic hydroxyl groups excluding tert-OH is 1. The van der Waals surface area contributed by atoms with E-state index in [1.807, 2.05) is 0 Å². The van der Waals surface area contributed by atoms with Crippen LogP contribution in [0.1, 0.15) is 126 Å². The minimum absolute atomic E-state index is 0.137. The van der Waals surface area contributed by atoms with E-state index in [-0.39, 0.29) is 17.1 Å². The molecular weight excluding hydrogens is 448 g/mol. The van der Waals surface area contributed by atoms with Gasteiger partial charge in [0.05, 0.1) is 17.6 Å². The Bertz CT molecular complexity index is 877. The van der Waals surface area contributed by atoms with E-state index in [0.29, 0.717) is 6.42 Å². The van der Waals surface area contributed by atoms with E-state index in [2.05, 4.69) is 59.8 Å². The lowest BCUT2D eigenvalue weighted by Crippen LogP contribution is -2.51. The van der Waals surface area contributed by atoms with Gasteiger partial charge in [-0.15, -0.1) is 0 Å². The molecule has 204 valence electrons. The molecule has 1 heterocycles. The third-order valence-corrected chi connectivity index (χ3v) is 8.57. The molecule has 2 rings (SSSR count). The zero-order chi connectivity index (χ0) is 26.9. The van der Waals surface area contributed by atoms with Crippen molar-refractivity contribution in [2.75, 3.05) is 0 Å². The van der Waals surface area contributed by atoms with Gasteiger partial charge in [0.2, 0.25) is 0 Å². The first-order chi connectivity index (χ1) is 16.9. The highest BCUT2D eigenvalue weighted by molar-refractivity contribution is 5.69. The second-order valence-corrected chi connectivity index (χ2v) is 11.7. The summed E-state index contributed by atoms with van der Waals surface area (Å²) in [7, 11) is 0. The molecule has 0 bridgehead atoms. The van der Waals surface area contributed by atoms with Gasteiger partial charge in [-0.1, -0.05) is 50.0 Å². The number of carboxylic acids is 1. The molecule has 4 nitrogen and oxygen atoms in total. The van der Waals surface area contributed by atoms with Crippen molar-refractivity contribution in [2.24, 2.45) is 5.92 Å². The number of carbonyl (C=O) groups is 1. The van der Waals surface area contributed by atoms with Crippen LogP contribution in [0.2, 0.25) is 0 Å². The predicted molar refractivity (Wildman–Crippen MR) is 150 cm³/mol. The van der Waals surface area contributed by atoms with E-state index in [0.717, 1.165) is 76.2 Å². The van der Waals surface area contributed by atoms with E-state index >= 15 is 0 Å². The Morgan fingerprint density at radius 3 is 2.47 bits per heavy atom. The Morgan fingerprint density at radius 1 is 1.14 bits per heavy atom. The second kappa shape index (κ2) is 13.8. The molecule has 1 aliphatic heterocycles. The molecule has 0 saturated carbocycles. The number of aliphatic carboxylic acids is 1. The van der Waals surface area contributed by atoms with Crippen LogP contribution in [-0.4, -0.2) is 33.5 Å². The largest absolute Gasteiger partial charge is 0.481 e. The predicted octanol–water partition coefficient (Wildman–Crippen LogP) is 8.47. The number of hydrogen-bond donors (Lipinski definition) is 2. The number of ether oxygens (including phenoxy) is 1. The summed E-state index contributed by atoms with van der Waals surface area (Å²) in [5.74, 6) is -0.983. The number of aliphatic hydroxyl groups is 1. The topological polar surface area (TPSA) is 66.8 Å². The molecular formula is C32H52O4. The molecule has 0 aromatic carbocycles. The highest BCUT2D eigenvalue weighted by atomic mass is 16.5. The molecule has 0 radical (unpaired) electrons. The Morgan fingerprint density at radius 2 is 1.81 bits per heavy atom. The number of fused-ring (bicyclic) bond motifs is 1. The van der Waals surface area contributed by atoms with Gasteiger partial charge in [-0.3, -0.25) is 4.79 Å². The molecule has 0 aromatic heterocycles. The lowest BCUT2D eigenvalue weighted by molar-refractivity contribution is -0.146. The Kier molecular flexibility index (Phi) is 11.7. The summed E-state index contributed by atoms with van der Waals surface area (Å²) >= 11 is 0. The van der Waals surface area contributed by atoms with E-state index in [1.54, 1.807) is 6.92 Å². The number of carboxylic acid groups (broad SMARTS) is 1. The minimum atomic E-state index is -0.709. The van der Waals surface area contributed by atoms with Gasteiger partial charge in [0.25, 0.3) is 0 Å². The zero-order valence-electron chi connectivity index (χ0n) is 24.1. The van der Waals surface area contributed by atoms with Crippen molar-refractivity contribution in [1.82, 2.24) is 0 Å². The summed E-state index contributed by atoms with van der Waals surface area (Å²) in [5.41, 5.74) is 5.89. The number of rotatable bonds is 14. The lowest BCUT2D eigenvalue weighted by Gasteiger charge is -2.52. The van der Waals surface area contributed by atoms with Gasteiger partial charge in [0, 0.05) is 0 Å². The normalized spacial score (nSPS) is 28.1. The van der Waals surface area contributed by atoms with Gasteiger partial charge in [-0.05, 0) is 122 Å². The average Bonchev–Trinajstić information content (AvgIpc) is 2.82. The summed E-state index contributed by atoms with van der Waals surface area (Å²) in [6.07, 6.45) is 18.3. The number of allylic oxidation sites excluding steroid dienone is 4. The quantitative estimate of drug-likeness (QED) is 0.235. The van der Waals surface area contributed by atoms with E-state index in [4.69, 9.17) is 9.84 Å². The maximum absolute atomic E-state index is 10.9. The first kappa shape index (κ1) is 30.6. The smallest absolute Gasteiger partial charge is 0.306 e. The maximum atomic E-state index is 10.9. The lowest BCUT2D eigenvalue weighted by atomic mass is 9.69. The van der Waals surface area contributed by atoms with E-state index in [9.17, 15) is 9.90 Å². The molecule has 0 aromatic rings. The molecule has 2 aliphatic rings. The van der Waals surface area contributed by atoms with Gasteiger partial charge in [0.1, 0.15) is 5.60 Å². The van der Waals surface area contributed by atoms with Crippen molar-refractivity contribution in [3.63, 3.8) is 0 Å². The summed E-state index contributed by atoms with van der Waals surface area (Å²) in [4.78, 5) is 10.9. The van der Waals surface area contributed by atoms with Crippen LogP contribution in [0, 0.1) is 5.92 Å². The molecule has 1 fully saturated rings. The number of unbranched alkanes of at least 4 members (excludes halogenated alkanes) is 1. The van der Waals surface area contributed by atoms with Crippen molar-refractivity contribution in [3.05, 3.63) is 46.1 Å². The minimum Gasteiger partial charge on any atom is -0.481 e. The number of hydrogen-bond acceptors (Lipinski definition) is 3. The third kappa shape index (κ3) is 8.18. The first-order valence-corrected chi connectivity index (χ1v) is 14.3. The SMILES string of the molecule is CCCCC12OC(C)(CCC/C(C)=C/CC/C(C)=C/CCC(C)C(=O)O)CCC1=CC(O)C(C)=C2C. The van der Waals surface area contributed by atoms with Crippen LogP contribution in [0.5, 0.6) is 0 Å². The highest BCUT2D eigenvalue weighted by Crippen LogP contribution is 2.51. The second-order valence-electron chi connectivity index (χ2n) is 11.7. The summed E-state index contributed by atoms with van der Waals surface area (Å²) in [5, 5.41) is 19.5. The molecule has 4 unspecified atom stereocenters. The van der Waals surface area contributed by atoms with Crippen LogP contribution in [0.15, 0.2) is 46.1 Å². The van der Waals surface area contributed by atoms with Crippen molar-refractivity contribution in [3.8, 4) is 0 Å². The maximum Gasteiger partial charge on any atom is 0.306 e. The standard InChI is InChI=1S/C32H52O4/c1-8-9-20-32-27(6)26(5)29(33)22-28(32)18-21-31(7,36-32)19-12-16-24(3)14-10-13-23(2)15-11-17-25(4)30(34)35/h14-15,22,25,29,33H,8-13,16-21H2,1-7H3,(H,34,35)/b23-15+,24-14+. The Labute approximate surface area is 220 Å². The molecule has 4 atom stereocenters. The van der Waals surface area contributed by atoms with Crippen molar-refractivity contribution in [1.29, 1.82) is 0 Å². The van der Waals surface area contributed by atoms with Crippen molar-refractivity contribution in [2.45, 2.75) is 143 Å². The van der Waals surface area contributed by atoms with Crippen LogP contribution in [0.25, 0.3) is 0 Å². The molecule has 1 aliphatic carbocycles. The van der Waals surface area contributed by atoms with Gasteiger partial charge in [0.15, 0.2) is 0 Å². The molecule has 1 saturated heterocycles. The van der Waals surface area contributed by atoms with E-state index < -0.39 is 12.1 Å². The zero-order valence-corrected chi connectivity index (χ0v) is 24.1. The monoisotopic (exact) mass is 500 g/mol. The van der Waals surface area contributed by atoms with Crippen LogP contribution in [0.3, 0.4) is 0 Å². The van der Waals surface area contributed by atoms with Gasteiger partial charge < -0.3 is 14.9 Å². The van der Waals surface area contributed by atoms with Crippen molar-refractivity contribution < 1.29 is 19.7 Å². The third-order valence-electron chi connectivity index (χ3n) is 8.57. The summed E-state index contributed by atoms with van der Waals surface area (Å²) < 4.78 is 7.06. The average molecular weight is 501 g/mol. The van der Waals surface area contributed by atoms with Crippen LogP contribution < -0.4 is 0 Å². The Hall–Kier alpha value is -1.65. The first-order valence-electron chi connectivity index (χ1n) is 14.3. The fourth-order valence-electron chi connectivity index (χ4n) is 5.73. The van der Waals surface area contributed by atoms with Crippen LogP contribution >= 0.6 is 0 Å². The summed E-state index contributed by atoms with van der Waals surface area (Å²) in [6, 6.07) is 0. The fraction of sp³-hybridized carbons (Fsp3) is 0.719.